The molecule has 5 rings (SSSR count). The Hall–Kier alpha value is -4.67. The highest BCUT2D eigenvalue weighted by molar-refractivity contribution is 5.89. The number of hydrogen-bond acceptors (Lipinski definition) is 8. The molecule has 0 fully saturated rings. The molecule has 0 saturated heterocycles. The normalized spacial score (nSPS) is 10.9. The number of ether oxygens (including phenoxy) is 1. The van der Waals surface area contributed by atoms with Crippen molar-refractivity contribution in [1.29, 1.82) is 0 Å². The van der Waals surface area contributed by atoms with E-state index in [0.29, 0.717) is 28.4 Å². The number of carbonyl (C=O) groups excluding carboxylic acids is 1. The fourth-order valence-electron chi connectivity index (χ4n) is 3.25. The highest BCUT2D eigenvalue weighted by Gasteiger charge is 2.13. The van der Waals surface area contributed by atoms with Gasteiger partial charge < -0.3 is 10.1 Å². The van der Waals surface area contributed by atoms with Crippen LogP contribution in [0.1, 0.15) is 11.3 Å². The first-order valence-corrected chi connectivity index (χ1v) is 10.1. The number of nitrogens with zero attached hydrogens (tertiary/aromatic N) is 8. The Morgan fingerprint density at radius 1 is 1.12 bits per heavy atom. The first-order valence-electron chi connectivity index (χ1n) is 10.1. The standard InChI is InChI=1S/C22H19N9O2/c1-15-7-8-23-19(9-15)27-20(32)12-30-11-16(28-29-30)13-33-22-18-10-26-31(21(18)24-14-25-22)17-5-3-2-4-6-17/h2-11,14H,12-13H2,1H3,(H,23,27,32). The molecule has 164 valence electrons. The molecule has 11 heteroatoms. The van der Waals surface area contributed by atoms with Gasteiger partial charge in [-0.2, -0.15) is 5.10 Å². The SMILES string of the molecule is Cc1ccnc(NC(=O)Cn2cc(COc3ncnc4c3cnn4-c3ccccc3)nn2)c1. The molecule has 11 nitrogen and oxygen atoms in total. The average Bonchev–Trinajstić information content (AvgIpc) is 3.45. The minimum absolute atomic E-state index is 0.00419. The lowest BCUT2D eigenvalue weighted by molar-refractivity contribution is -0.116. The van der Waals surface area contributed by atoms with Crippen LogP contribution < -0.4 is 10.1 Å². The van der Waals surface area contributed by atoms with Crippen LogP contribution in [0.5, 0.6) is 5.88 Å². The average molecular weight is 441 g/mol. The fraction of sp³-hybridized carbons (Fsp3) is 0.136. The smallest absolute Gasteiger partial charge is 0.247 e. The zero-order chi connectivity index (χ0) is 22.6. The van der Waals surface area contributed by atoms with E-state index in [1.54, 1.807) is 29.3 Å². The highest BCUT2D eigenvalue weighted by atomic mass is 16.5. The maximum absolute atomic E-state index is 12.3. The minimum Gasteiger partial charge on any atom is -0.470 e. The van der Waals surface area contributed by atoms with Gasteiger partial charge in [-0.15, -0.1) is 5.10 Å². The first-order chi connectivity index (χ1) is 16.2. The molecule has 0 bridgehead atoms. The Morgan fingerprint density at radius 3 is 2.85 bits per heavy atom. The maximum Gasteiger partial charge on any atom is 0.247 e. The summed E-state index contributed by atoms with van der Waals surface area (Å²) >= 11 is 0. The van der Waals surface area contributed by atoms with Gasteiger partial charge >= 0.3 is 0 Å². The number of fused-ring (bicyclic) bond motifs is 1. The van der Waals surface area contributed by atoms with Gasteiger partial charge in [0, 0.05) is 6.20 Å². The summed E-state index contributed by atoms with van der Waals surface area (Å²) < 4.78 is 9.01. The number of anilines is 1. The van der Waals surface area contributed by atoms with Gasteiger partial charge in [0.15, 0.2) is 5.65 Å². The van der Waals surface area contributed by atoms with Crippen LogP contribution in [0.25, 0.3) is 16.7 Å². The zero-order valence-electron chi connectivity index (χ0n) is 17.7. The van der Waals surface area contributed by atoms with Crippen molar-refractivity contribution in [2.75, 3.05) is 5.32 Å². The molecular weight excluding hydrogens is 422 g/mol. The van der Waals surface area contributed by atoms with Crippen molar-refractivity contribution in [3.8, 4) is 11.6 Å². The number of aromatic nitrogens is 8. The van der Waals surface area contributed by atoms with E-state index >= 15 is 0 Å². The van der Waals surface area contributed by atoms with Gasteiger partial charge in [0.2, 0.25) is 11.8 Å². The first kappa shape index (κ1) is 20.2. The molecule has 1 N–H and O–H groups in total. The minimum atomic E-state index is -0.253. The van der Waals surface area contributed by atoms with Crippen LogP contribution in [0.4, 0.5) is 5.82 Å². The highest BCUT2D eigenvalue weighted by Crippen LogP contribution is 2.23. The lowest BCUT2D eigenvalue weighted by Gasteiger charge is -2.05. The largest absolute Gasteiger partial charge is 0.470 e. The van der Waals surface area contributed by atoms with Crippen LogP contribution in [0.3, 0.4) is 0 Å². The number of carbonyl (C=O) groups is 1. The number of para-hydroxylation sites is 1. The Bertz CT molecular complexity index is 1410. The summed E-state index contributed by atoms with van der Waals surface area (Å²) in [5.41, 5.74) is 3.09. The predicted octanol–water partition coefficient (Wildman–Crippen LogP) is 2.33. The van der Waals surface area contributed by atoms with E-state index in [1.807, 2.05) is 43.3 Å². The molecule has 5 aromatic rings. The predicted molar refractivity (Wildman–Crippen MR) is 119 cm³/mol. The summed E-state index contributed by atoms with van der Waals surface area (Å²) in [5.74, 6) is 0.629. The number of rotatable bonds is 7. The Labute approximate surface area is 188 Å². The molecule has 0 aliphatic heterocycles. The molecule has 0 atom stereocenters. The molecule has 0 unspecified atom stereocenters. The van der Waals surface area contributed by atoms with E-state index in [2.05, 4.69) is 35.7 Å². The lowest BCUT2D eigenvalue weighted by Crippen LogP contribution is -2.19. The second kappa shape index (κ2) is 8.83. The maximum atomic E-state index is 12.3. The van der Waals surface area contributed by atoms with Crippen LogP contribution in [-0.4, -0.2) is 45.6 Å². The summed E-state index contributed by atoms with van der Waals surface area (Å²) in [6.45, 7) is 2.06. The van der Waals surface area contributed by atoms with Gasteiger partial charge in [-0.25, -0.2) is 24.3 Å². The third kappa shape index (κ3) is 4.51. The van der Waals surface area contributed by atoms with Crippen LogP contribution in [0.2, 0.25) is 0 Å². The molecule has 4 aromatic heterocycles. The second-order valence-electron chi connectivity index (χ2n) is 7.27. The summed E-state index contributed by atoms with van der Waals surface area (Å²) in [4.78, 5) is 24.9. The molecule has 1 aromatic carbocycles. The molecule has 0 spiro atoms. The van der Waals surface area contributed by atoms with Crippen molar-refractivity contribution in [2.45, 2.75) is 20.1 Å². The monoisotopic (exact) mass is 441 g/mol. The van der Waals surface area contributed by atoms with Crippen molar-refractivity contribution >= 4 is 22.8 Å². The van der Waals surface area contributed by atoms with Crippen molar-refractivity contribution in [3.63, 3.8) is 0 Å². The van der Waals surface area contributed by atoms with Crippen LogP contribution in [0.15, 0.2) is 67.4 Å². The van der Waals surface area contributed by atoms with Crippen molar-refractivity contribution < 1.29 is 9.53 Å². The van der Waals surface area contributed by atoms with Gasteiger partial charge in [0.25, 0.3) is 0 Å². The number of amides is 1. The van der Waals surface area contributed by atoms with E-state index in [4.69, 9.17) is 4.74 Å². The van der Waals surface area contributed by atoms with Crippen LogP contribution >= 0.6 is 0 Å². The van der Waals surface area contributed by atoms with E-state index in [-0.39, 0.29) is 19.1 Å². The Balaban J connectivity index is 1.24. The third-order valence-electron chi connectivity index (χ3n) is 4.76. The molecule has 0 aliphatic carbocycles. The number of nitrogens with one attached hydrogen (secondary N) is 1. The van der Waals surface area contributed by atoms with E-state index in [1.165, 1.54) is 11.0 Å². The quantitative estimate of drug-likeness (QED) is 0.408. The van der Waals surface area contributed by atoms with Crippen LogP contribution in [-0.2, 0) is 17.9 Å². The van der Waals surface area contributed by atoms with Gasteiger partial charge in [0.1, 0.15) is 36.4 Å². The molecule has 4 heterocycles. The molecule has 33 heavy (non-hydrogen) atoms. The van der Waals surface area contributed by atoms with E-state index < -0.39 is 0 Å². The summed E-state index contributed by atoms with van der Waals surface area (Å²) in [5, 5.41) is 15.9. The zero-order valence-corrected chi connectivity index (χ0v) is 17.7. The lowest BCUT2D eigenvalue weighted by atomic mass is 10.3. The molecule has 0 aliphatic rings. The van der Waals surface area contributed by atoms with Gasteiger partial charge in [-0.3, -0.25) is 4.79 Å². The topological polar surface area (TPSA) is 126 Å². The molecule has 1 amide bonds. The van der Waals surface area contributed by atoms with Gasteiger partial charge in [0.05, 0.1) is 18.1 Å². The van der Waals surface area contributed by atoms with E-state index in [0.717, 1.165) is 11.3 Å². The molecule has 0 radical (unpaired) electrons. The Morgan fingerprint density at radius 2 is 2.00 bits per heavy atom. The van der Waals surface area contributed by atoms with Gasteiger partial charge in [-0.05, 0) is 36.8 Å². The fourth-order valence-corrected chi connectivity index (χ4v) is 3.25. The number of benzene rings is 1. The van der Waals surface area contributed by atoms with E-state index in [9.17, 15) is 4.79 Å². The Kier molecular flexibility index (Phi) is 5.42. The molecule has 0 saturated carbocycles. The summed E-state index contributed by atoms with van der Waals surface area (Å²) in [6.07, 6.45) is 6.38. The molecular formula is C22H19N9O2. The number of aryl methyl sites for hydroxylation is 1. The summed E-state index contributed by atoms with van der Waals surface area (Å²) in [6, 6.07) is 13.3. The third-order valence-corrected chi connectivity index (χ3v) is 4.76. The summed E-state index contributed by atoms with van der Waals surface area (Å²) in [7, 11) is 0. The second-order valence-corrected chi connectivity index (χ2v) is 7.27. The van der Waals surface area contributed by atoms with Crippen LogP contribution in [0, 0.1) is 6.92 Å². The van der Waals surface area contributed by atoms with Crippen molar-refractivity contribution in [1.82, 2.24) is 39.7 Å². The number of hydrogen-bond donors (Lipinski definition) is 1. The van der Waals surface area contributed by atoms with Crippen molar-refractivity contribution in [3.05, 3.63) is 78.6 Å². The van der Waals surface area contributed by atoms with Gasteiger partial charge in [-0.1, -0.05) is 23.4 Å². The van der Waals surface area contributed by atoms with Crippen molar-refractivity contribution in [2.24, 2.45) is 0 Å². The number of pyridine rings is 1.